The summed E-state index contributed by atoms with van der Waals surface area (Å²) in [6, 6.07) is 13.4. The van der Waals surface area contributed by atoms with Crippen LogP contribution in [-0.2, 0) is 0 Å². The lowest BCUT2D eigenvalue weighted by Gasteiger charge is -2.07. The number of rotatable bonds is 2. The van der Waals surface area contributed by atoms with Gasteiger partial charge in [0.2, 0.25) is 0 Å². The van der Waals surface area contributed by atoms with Gasteiger partial charge in [-0.1, -0.05) is 41.4 Å². The first-order valence-electron chi connectivity index (χ1n) is 6.15. The van der Waals surface area contributed by atoms with Gasteiger partial charge in [0.25, 0.3) is 0 Å². The third kappa shape index (κ3) is 3.22. The minimum absolute atomic E-state index is 0.565. The van der Waals surface area contributed by atoms with Gasteiger partial charge in [-0.2, -0.15) is 5.26 Å². The van der Waals surface area contributed by atoms with E-state index in [1.165, 1.54) is 0 Å². The Balaban J connectivity index is 2.53. The number of nitrogens with zero attached hydrogens (tertiary/aromatic N) is 1. The zero-order valence-electron chi connectivity index (χ0n) is 11.2. The Labute approximate surface area is 129 Å². The topological polar surface area (TPSA) is 23.8 Å². The van der Waals surface area contributed by atoms with Crippen molar-refractivity contribution in [2.45, 2.75) is 13.8 Å². The summed E-state index contributed by atoms with van der Waals surface area (Å²) < 4.78 is 0. The summed E-state index contributed by atoms with van der Waals surface area (Å²) in [6.45, 7) is 3.98. The van der Waals surface area contributed by atoms with E-state index in [0.717, 1.165) is 22.3 Å². The third-order valence-corrected chi connectivity index (χ3v) is 3.61. The van der Waals surface area contributed by atoms with Crippen LogP contribution in [0.1, 0.15) is 22.3 Å². The molecule has 0 aromatic heterocycles. The van der Waals surface area contributed by atoms with Crippen LogP contribution >= 0.6 is 23.2 Å². The second-order valence-electron chi connectivity index (χ2n) is 4.65. The van der Waals surface area contributed by atoms with E-state index in [-0.39, 0.29) is 0 Å². The Kier molecular flexibility index (Phi) is 4.49. The molecule has 0 fully saturated rings. The van der Waals surface area contributed by atoms with E-state index >= 15 is 0 Å². The molecule has 0 spiro atoms. The van der Waals surface area contributed by atoms with Gasteiger partial charge < -0.3 is 0 Å². The fraction of sp³-hybridized carbons (Fsp3) is 0.118. The molecule has 0 N–H and O–H groups in total. The molecular formula is C17H13Cl2N. The maximum Gasteiger partial charge on any atom is 0.0998 e. The Morgan fingerprint density at radius 3 is 2.30 bits per heavy atom. The van der Waals surface area contributed by atoms with E-state index in [9.17, 15) is 5.26 Å². The molecule has 0 aliphatic carbocycles. The summed E-state index contributed by atoms with van der Waals surface area (Å²) in [5.74, 6) is 0. The molecule has 1 nitrogen and oxygen atoms in total. The van der Waals surface area contributed by atoms with E-state index in [2.05, 4.69) is 12.1 Å². The molecule has 0 bridgehead atoms. The van der Waals surface area contributed by atoms with Crippen LogP contribution in [0, 0.1) is 25.2 Å². The van der Waals surface area contributed by atoms with Gasteiger partial charge in [-0.15, -0.1) is 0 Å². The van der Waals surface area contributed by atoms with Crippen molar-refractivity contribution in [3.63, 3.8) is 0 Å². The molecule has 0 heterocycles. The van der Waals surface area contributed by atoms with Crippen molar-refractivity contribution in [2.24, 2.45) is 0 Å². The first kappa shape index (κ1) is 14.7. The number of allylic oxidation sites excluding steroid dienone is 1. The summed E-state index contributed by atoms with van der Waals surface area (Å²) in [5, 5.41) is 10.7. The Morgan fingerprint density at radius 1 is 1.10 bits per heavy atom. The third-order valence-electron chi connectivity index (χ3n) is 3.05. The Bertz CT molecular complexity index is 684. The molecule has 0 saturated carbocycles. The molecule has 2 aromatic carbocycles. The van der Waals surface area contributed by atoms with Crippen LogP contribution in [0.4, 0.5) is 0 Å². The van der Waals surface area contributed by atoms with E-state index in [0.29, 0.717) is 15.6 Å². The minimum atomic E-state index is 0.565. The first-order valence-corrected chi connectivity index (χ1v) is 6.91. The molecule has 0 aliphatic heterocycles. The average Bonchev–Trinajstić information content (AvgIpc) is 2.39. The van der Waals surface area contributed by atoms with Gasteiger partial charge in [0.15, 0.2) is 0 Å². The average molecular weight is 302 g/mol. The maximum absolute atomic E-state index is 9.35. The SMILES string of the molecule is Cc1cc(C)c(C=C(C#N)c2ccc(Cl)cc2)c(Cl)c1. The van der Waals surface area contributed by atoms with Crippen LogP contribution in [0.3, 0.4) is 0 Å². The van der Waals surface area contributed by atoms with Gasteiger partial charge in [-0.05, 0) is 60.4 Å². The Hall–Kier alpha value is -1.75. The van der Waals surface area contributed by atoms with E-state index in [1.54, 1.807) is 12.1 Å². The summed E-state index contributed by atoms with van der Waals surface area (Å²) in [7, 11) is 0. The van der Waals surface area contributed by atoms with Crippen LogP contribution in [0.25, 0.3) is 11.6 Å². The largest absolute Gasteiger partial charge is 0.192 e. The Morgan fingerprint density at radius 2 is 1.75 bits per heavy atom. The molecule has 0 saturated heterocycles. The number of hydrogen-bond donors (Lipinski definition) is 0. The minimum Gasteiger partial charge on any atom is -0.192 e. The molecule has 0 amide bonds. The first-order chi connectivity index (χ1) is 9.51. The van der Waals surface area contributed by atoms with Gasteiger partial charge in [-0.25, -0.2) is 0 Å². The van der Waals surface area contributed by atoms with Crippen molar-refractivity contribution < 1.29 is 0 Å². The van der Waals surface area contributed by atoms with Crippen molar-refractivity contribution in [2.75, 3.05) is 0 Å². The van der Waals surface area contributed by atoms with E-state index in [4.69, 9.17) is 23.2 Å². The van der Waals surface area contributed by atoms with Crippen LogP contribution in [-0.4, -0.2) is 0 Å². The predicted octanol–water partition coefficient (Wildman–Crippen LogP) is 5.67. The van der Waals surface area contributed by atoms with Crippen LogP contribution in [0.5, 0.6) is 0 Å². The number of halogens is 2. The van der Waals surface area contributed by atoms with Crippen molar-refractivity contribution in [3.8, 4) is 6.07 Å². The number of benzene rings is 2. The van der Waals surface area contributed by atoms with Crippen LogP contribution < -0.4 is 0 Å². The van der Waals surface area contributed by atoms with E-state index < -0.39 is 0 Å². The number of hydrogen-bond acceptors (Lipinski definition) is 1. The predicted molar refractivity (Wildman–Crippen MR) is 85.9 cm³/mol. The molecular weight excluding hydrogens is 289 g/mol. The number of aryl methyl sites for hydroxylation is 2. The van der Waals surface area contributed by atoms with Crippen LogP contribution in [0.2, 0.25) is 10.0 Å². The summed E-state index contributed by atoms with van der Waals surface area (Å²) in [6.07, 6.45) is 1.82. The molecule has 2 rings (SSSR count). The van der Waals surface area contributed by atoms with Gasteiger partial charge in [0.1, 0.15) is 0 Å². The summed E-state index contributed by atoms with van der Waals surface area (Å²) >= 11 is 12.1. The molecule has 0 radical (unpaired) electrons. The molecule has 0 aliphatic rings. The van der Waals surface area contributed by atoms with Crippen molar-refractivity contribution in [1.82, 2.24) is 0 Å². The summed E-state index contributed by atoms with van der Waals surface area (Å²) in [4.78, 5) is 0. The van der Waals surface area contributed by atoms with Gasteiger partial charge in [0.05, 0.1) is 11.6 Å². The fourth-order valence-electron chi connectivity index (χ4n) is 2.06. The van der Waals surface area contributed by atoms with Gasteiger partial charge in [0, 0.05) is 10.0 Å². The fourth-order valence-corrected chi connectivity index (χ4v) is 2.57. The highest BCUT2D eigenvalue weighted by Crippen LogP contribution is 2.27. The molecule has 0 atom stereocenters. The lowest BCUT2D eigenvalue weighted by molar-refractivity contribution is 1.37. The lowest BCUT2D eigenvalue weighted by Crippen LogP contribution is -1.88. The zero-order chi connectivity index (χ0) is 14.7. The van der Waals surface area contributed by atoms with Crippen LogP contribution in [0.15, 0.2) is 36.4 Å². The highest BCUT2D eigenvalue weighted by Gasteiger charge is 2.06. The molecule has 2 aromatic rings. The maximum atomic E-state index is 9.35. The normalized spacial score (nSPS) is 11.2. The highest BCUT2D eigenvalue weighted by molar-refractivity contribution is 6.32. The lowest BCUT2D eigenvalue weighted by atomic mass is 10.00. The quantitative estimate of drug-likeness (QED) is 0.517. The smallest absolute Gasteiger partial charge is 0.0998 e. The standard InChI is InChI=1S/C17H13Cl2N/c1-11-7-12(2)16(17(19)8-11)9-14(10-20)13-3-5-15(18)6-4-13/h3-9H,1-2H3. The van der Waals surface area contributed by atoms with Crippen molar-refractivity contribution >= 4 is 34.9 Å². The second-order valence-corrected chi connectivity index (χ2v) is 5.50. The monoisotopic (exact) mass is 301 g/mol. The highest BCUT2D eigenvalue weighted by atomic mass is 35.5. The van der Waals surface area contributed by atoms with Crippen molar-refractivity contribution in [1.29, 1.82) is 5.26 Å². The molecule has 20 heavy (non-hydrogen) atoms. The summed E-state index contributed by atoms with van der Waals surface area (Å²) in [5.41, 5.74) is 4.43. The van der Waals surface area contributed by atoms with Crippen molar-refractivity contribution in [3.05, 3.63) is 68.7 Å². The van der Waals surface area contributed by atoms with E-state index in [1.807, 2.05) is 38.1 Å². The second kappa shape index (κ2) is 6.13. The molecule has 3 heteroatoms. The molecule has 100 valence electrons. The van der Waals surface area contributed by atoms with Gasteiger partial charge in [-0.3, -0.25) is 0 Å². The van der Waals surface area contributed by atoms with Gasteiger partial charge >= 0.3 is 0 Å². The zero-order valence-corrected chi connectivity index (χ0v) is 12.8. The number of nitriles is 1. The molecule has 0 unspecified atom stereocenters.